The second-order valence-electron chi connectivity index (χ2n) is 5.86. The van der Waals surface area contributed by atoms with Crippen LogP contribution in [0.15, 0.2) is 18.3 Å². The quantitative estimate of drug-likeness (QED) is 0.833. The van der Waals surface area contributed by atoms with E-state index in [-0.39, 0.29) is 0 Å². The number of rotatable bonds is 5. The molecule has 1 aromatic heterocycles. The molecule has 20 heavy (non-hydrogen) atoms. The van der Waals surface area contributed by atoms with Crippen LogP contribution in [0.3, 0.4) is 0 Å². The van der Waals surface area contributed by atoms with Gasteiger partial charge in [-0.25, -0.2) is 0 Å². The van der Waals surface area contributed by atoms with Gasteiger partial charge in [-0.05, 0) is 63.6 Å². The van der Waals surface area contributed by atoms with Crippen LogP contribution in [0, 0.1) is 5.92 Å². The highest BCUT2D eigenvalue weighted by atomic mass is 32.1. The first kappa shape index (κ1) is 15.4. The number of likely N-dealkylation sites (tertiary alicyclic amines) is 1. The van der Waals surface area contributed by atoms with Gasteiger partial charge >= 0.3 is 0 Å². The van der Waals surface area contributed by atoms with Gasteiger partial charge in [0.1, 0.15) is 4.99 Å². The molecule has 1 aliphatic rings. The van der Waals surface area contributed by atoms with Gasteiger partial charge in [-0.2, -0.15) is 0 Å². The van der Waals surface area contributed by atoms with Gasteiger partial charge in [0, 0.05) is 19.3 Å². The van der Waals surface area contributed by atoms with Gasteiger partial charge in [0.25, 0.3) is 0 Å². The smallest absolute Gasteiger partial charge is 0.122 e. The Morgan fingerprint density at radius 1 is 1.50 bits per heavy atom. The van der Waals surface area contributed by atoms with Crippen LogP contribution in [0.4, 0.5) is 0 Å². The highest BCUT2D eigenvalue weighted by Crippen LogP contribution is 2.17. The molecule has 1 aliphatic heterocycles. The van der Waals surface area contributed by atoms with Crippen LogP contribution in [-0.4, -0.2) is 53.5 Å². The Balaban J connectivity index is 1.86. The molecule has 0 aromatic carbocycles. The molecular weight excluding hydrogens is 268 g/mol. The summed E-state index contributed by atoms with van der Waals surface area (Å²) in [4.78, 5) is 9.34. The number of nitrogens with two attached hydrogens (primary N) is 1. The number of pyridine rings is 1. The number of piperidine rings is 1. The number of hydrogen-bond acceptors (Lipinski definition) is 4. The molecular formula is C15H24N4S. The first-order valence-corrected chi connectivity index (χ1v) is 7.57. The zero-order valence-electron chi connectivity index (χ0n) is 12.4. The lowest BCUT2D eigenvalue weighted by Crippen LogP contribution is -2.35. The minimum absolute atomic E-state index is 0.366. The highest BCUT2D eigenvalue weighted by molar-refractivity contribution is 7.80. The maximum absolute atomic E-state index is 5.63. The van der Waals surface area contributed by atoms with Gasteiger partial charge in [-0.3, -0.25) is 4.98 Å². The van der Waals surface area contributed by atoms with Crippen molar-refractivity contribution < 1.29 is 0 Å². The van der Waals surface area contributed by atoms with Gasteiger partial charge in [0.2, 0.25) is 0 Å². The highest BCUT2D eigenvalue weighted by Gasteiger charge is 2.18. The molecule has 4 nitrogen and oxygen atoms in total. The average molecular weight is 292 g/mol. The van der Waals surface area contributed by atoms with E-state index < -0.39 is 0 Å². The first-order valence-electron chi connectivity index (χ1n) is 7.16. The third-order valence-electron chi connectivity index (χ3n) is 3.94. The van der Waals surface area contributed by atoms with Crippen LogP contribution < -0.4 is 5.73 Å². The lowest BCUT2D eigenvalue weighted by molar-refractivity contribution is 0.173. The summed E-state index contributed by atoms with van der Waals surface area (Å²) in [7, 11) is 4.38. The van der Waals surface area contributed by atoms with Crippen molar-refractivity contribution in [1.82, 2.24) is 14.8 Å². The molecule has 0 unspecified atom stereocenters. The molecule has 0 radical (unpaired) electrons. The largest absolute Gasteiger partial charge is 0.388 e. The van der Waals surface area contributed by atoms with Crippen molar-refractivity contribution in [3.63, 3.8) is 0 Å². The minimum atomic E-state index is 0.366. The third kappa shape index (κ3) is 4.51. The van der Waals surface area contributed by atoms with E-state index in [4.69, 9.17) is 18.0 Å². The molecule has 5 heteroatoms. The SMILES string of the molecule is CN1CCC(CN(C)Cc2ccnc(C(N)=S)c2)CC1. The molecule has 0 saturated carbocycles. The molecule has 2 N–H and O–H groups in total. The number of aromatic nitrogens is 1. The van der Waals surface area contributed by atoms with Gasteiger partial charge in [-0.15, -0.1) is 0 Å². The minimum Gasteiger partial charge on any atom is -0.388 e. The Kier molecular flexibility index (Phi) is 5.46. The van der Waals surface area contributed by atoms with Crippen molar-refractivity contribution in [2.45, 2.75) is 19.4 Å². The number of nitrogens with zero attached hydrogens (tertiary/aromatic N) is 3. The fraction of sp³-hybridized carbons (Fsp3) is 0.600. The summed E-state index contributed by atoms with van der Waals surface area (Å²) in [5, 5.41) is 0. The van der Waals surface area contributed by atoms with E-state index in [2.05, 4.69) is 28.9 Å². The summed E-state index contributed by atoms with van der Waals surface area (Å²) >= 11 is 4.97. The molecule has 1 aromatic rings. The van der Waals surface area contributed by atoms with Gasteiger partial charge < -0.3 is 15.5 Å². The molecule has 0 spiro atoms. The van der Waals surface area contributed by atoms with Crippen molar-refractivity contribution in [1.29, 1.82) is 0 Å². The topological polar surface area (TPSA) is 45.4 Å². The normalized spacial score (nSPS) is 17.6. The summed E-state index contributed by atoms with van der Waals surface area (Å²) < 4.78 is 0. The fourth-order valence-corrected chi connectivity index (χ4v) is 2.88. The van der Waals surface area contributed by atoms with E-state index in [1.807, 2.05) is 12.1 Å². The maximum Gasteiger partial charge on any atom is 0.122 e. The Morgan fingerprint density at radius 2 is 2.20 bits per heavy atom. The maximum atomic E-state index is 5.63. The molecule has 110 valence electrons. The molecule has 0 aliphatic carbocycles. The van der Waals surface area contributed by atoms with Crippen molar-refractivity contribution in [3.05, 3.63) is 29.6 Å². The standard InChI is InChI=1S/C15H24N4S/c1-18-7-4-12(5-8-18)10-19(2)11-13-3-6-17-14(9-13)15(16)20/h3,6,9,12H,4-5,7-8,10-11H2,1-2H3,(H2,16,20). The second kappa shape index (κ2) is 7.11. The van der Waals surface area contributed by atoms with Gasteiger partial charge in [0.15, 0.2) is 0 Å². The van der Waals surface area contributed by atoms with Crippen molar-refractivity contribution in [2.24, 2.45) is 11.7 Å². The van der Waals surface area contributed by atoms with E-state index in [0.717, 1.165) is 19.0 Å². The van der Waals surface area contributed by atoms with Crippen LogP contribution >= 0.6 is 12.2 Å². The predicted octanol–water partition coefficient (Wildman–Crippen LogP) is 1.49. The van der Waals surface area contributed by atoms with E-state index in [1.54, 1.807) is 6.20 Å². The first-order chi connectivity index (χ1) is 9.54. The summed E-state index contributed by atoms with van der Waals surface area (Å²) in [5.74, 6) is 0.813. The summed E-state index contributed by atoms with van der Waals surface area (Å²) in [5.41, 5.74) is 7.56. The van der Waals surface area contributed by atoms with E-state index in [9.17, 15) is 0 Å². The number of hydrogen-bond donors (Lipinski definition) is 1. The third-order valence-corrected chi connectivity index (χ3v) is 4.15. The number of thiocarbonyl (C=S) groups is 1. The lowest BCUT2D eigenvalue weighted by Gasteiger charge is -2.31. The zero-order valence-corrected chi connectivity index (χ0v) is 13.2. The predicted molar refractivity (Wildman–Crippen MR) is 86.7 cm³/mol. The van der Waals surface area contributed by atoms with Crippen molar-refractivity contribution in [3.8, 4) is 0 Å². The fourth-order valence-electron chi connectivity index (χ4n) is 2.77. The lowest BCUT2D eigenvalue weighted by atomic mass is 9.96. The van der Waals surface area contributed by atoms with Crippen LogP contribution in [0.25, 0.3) is 0 Å². The summed E-state index contributed by atoms with van der Waals surface area (Å²) in [6.45, 7) is 4.52. The molecule has 2 heterocycles. The van der Waals surface area contributed by atoms with Gasteiger partial charge in [0.05, 0.1) is 5.69 Å². The molecule has 0 amide bonds. The second-order valence-corrected chi connectivity index (χ2v) is 6.30. The summed E-state index contributed by atoms with van der Waals surface area (Å²) in [6.07, 6.45) is 4.39. The van der Waals surface area contributed by atoms with Crippen molar-refractivity contribution >= 4 is 17.2 Å². The molecule has 1 saturated heterocycles. The molecule has 0 bridgehead atoms. The Hall–Kier alpha value is -1.04. The Labute approximate surface area is 127 Å². The molecule has 0 atom stereocenters. The zero-order chi connectivity index (χ0) is 14.5. The van der Waals surface area contributed by atoms with Crippen LogP contribution in [0.5, 0.6) is 0 Å². The van der Waals surface area contributed by atoms with Crippen LogP contribution in [-0.2, 0) is 6.54 Å². The molecule has 2 rings (SSSR count). The molecule has 1 fully saturated rings. The van der Waals surface area contributed by atoms with E-state index in [1.165, 1.54) is 31.5 Å². The Bertz CT molecular complexity index is 455. The van der Waals surface area contributed by atoms with Crippen LogP contribution in [0.2, 0.25) is 0 Å². The summed E-state index contributed by atoms with van der Waals surface area (Å²) in [6, 6.07) is 4.03. The van der Waals surface area contributed by atoms with Gasteiger partial charge in [-0.1, -0.05) is 12.2 Å². The Morgan fingerprint density at radius 3 is 2.85 bits per heavy atom. The van der Waals surface area contributed by atoms with E-state index in [0.29, 0.717) is 10.7 Å². The average Bonchev–Trinajstić information content (AvgIpc) is 2.41. The van der Waals surface area contributed by atoms with Crippen LogP contribution in [0.1, 0.15) is 24.1 Å². The van der Waals surface area contributed by atoms with E-state index >= 15 is 0 Å². The monoisotopic (exact) mass is 292 g/mol. The van der Waals surface area contributed by atoms with Crippen molar-refractivity contribution in [2.75, 3.05) is 33.7 Å².